The molecule has 1 rings (SSSR count). The highest BCUT2D eigenvalue weighted by molar-refractivity contribution is 6.06. The van der Waals surface area contributed by atoms with Crippen LogP contribution < -0.4 is 0 Å². The molecule has 1 aliphatic heterocycles. The Balaban J connectivity index is 2.56. The van der Waals surface area contributed by atoms with Gasteiger partial charge >= 0.3 is 14.0 Å². The summed E-state index contributed by atoms with van der Waals surface area (Å²) in [4.78, 5) is 10.9. The fourth-order valence-corrected chi connectivity index (χ4v) is 1.60. The van der Waals surface area contributed by atoms with E-state index in [0.29, 0.717) is 12.8 Å². The smallest absolute Gasteiger partial charge is 0.323 e. The van der Waals surface area contributed by atoms with Crippen LogP contribution in [0.25, 0.3) is 0 Å². The van der Waals surface area contributed by atoms with Gasteiger partial charge in [-0.05, 0) is 12.8 Å². The molecule has 13 heavy (non-hydrogen) atoms. The Bertz CT molecular complexity index is 219. The highest BCUT2D eigenvalue weighted by Gasteiger charge is 2.32. The SMILES string of the molecule is BOC(=N)C(CC)[C@@H]1CCC(=O)O1. The molecule has 0 saturated carbocycles. The topological polar surface area (TPSA) is 59.4 Å². The van der Waals surface area contributed by atoms with Crippen molar-refractivity contribution in [2.45, 2.75) is 32.3 Å². The van der Waals surface area contributed by atoms with Crippen molar-refractivity contribution in [3.63, 3.8) is 0 Å². The van der Waals surface area contributed by atoms with E-state index in [2.05, 4.69) is 0 Å². The van der Waals surface area contributed by atoms with Crippen LogP contribution in [0.1, 0.15) is 26.2 Å². The maximum atomic E-state index is 10.9. The van der Waals surface area contributed by atoms with Gasteiger partial charge in [0, 0.05) is 6.42 Å². The fourth-order valence-electron chi connectivity index (χ4n) is 1.60. The highest BCUT2D eigenvalue weighted by atomic mass is 16.6. The molecule has 0 spiro atoms. The van der Waals surface area contributed by atoms with Crippen LogP contribution in [0.15, 0.2) is 0 Å². The molecule has 72 valence electrons. The van der Waals surface area contributed by atoms with E-state index in [-0.39, 0.29) is 23.9 Å². The minimum absolute atomic E-state index is 0.0727. The van der Waals surface area contributed by atoms with Crippen LogP contribution >= 0.6 is 0 Å². The quantitative estimate of drug-likeness (QED) is 0.295. The van der Waals surface area contributed by atoms with Crippen molar-refractivity contribution < 1.29 is 14.2 Å². The Morgan fingerprint density at radius 1 is 1.92 bits per heavy atom. The lowest BCUT2D eigenvalue weighted by Crippen LogP contribution is -2.28. The van der Waals surface area contributed by atoms with Crippen molar-refractivity contribution in [1.29, 1.82) is 5.41 Å². The number of hydrogen-bond acceptors (Lipinski definition) is 4. The monoisotopic (exact) mass is 183 g/mol. The Hall–Kier alpha value is -0.995. The molecule has 1 saturated heterocycles. The van der Waals surface area contributed by atoms with Gasteiger partial charge in [0.25, 0.3) is 0 Å². The first-order valence-corrected chi connectivity index (χ1v) is 4.51. The number of ether oxygens (including phenoxy) is 1. The molecule has 1 heterocycles. The van der Waals surface area contributed by atoms with E-state index in [1.165, 1.54) is 8.05 Å². The van der Waals surface area contributed by atoms with Gasteiger partial charge in [0.05, 0.1) is 5.92 Å². The molecule has 2 atom stereocenters. The molecule has 1 fully saturated rings. The predicted molar refractivity (Wildman–Crippen MR) is 50.3 cm³/mol. The van der Waals surface area contributed by atoms with E-state index < -0.39 is 0 Å². The second-order valence-electron chi connectivity index (χ2n) is 3.15. The molecule has 0 aromatic rings. The van der Waals surface area contributed by atoms with Crippen LogP contribution in [-0.2, 0) is 14.2 Å². The van der Waals surface area contributed by atoms with Gasteiger partial charge in [-0.15, -0.1) is 0 Å². The lowest BCUT2D eigenvalue weighted by molar-refractivity contribution is -0.142. The maximum absolute atomic E-state index is 10.9. The average molecular weight is 183 g/mol. The Labute approximate surface area is 78.5 Å². The molecule has 0 aromatic carbocycles. The van der Waals surface area contributed by atoms with Crippen LogP contribution in [0.2, 0.25) is 0 Å². The van der Waals surface area contributed by atoms with Crippen LogP contribution in [0, 0.1) is 11.3 Å². The minimum Gasteiger partial charge on any atom is -0.558 e. The largest absolute Gasteiger partial charge is 0.558 e. The summed E-state index contributed by atoms with van der Waals surface area (Å²) in [7, 11) is 1.47. The van der Waals surface area contributed by atoms with E-state index in [1.807, 2.05) is 6.92 Å². The van der Waals surface area contributed by atoms with Gasteiger partial charge in [0.15, 0.2) is 5.90 Å². The summed E-state index contributed by atoms with van der Waals surface area (Å²) < 4.78 is 9.92. The summed E-state index contributed by atoms with van der Waals surface area (Å²) >= 11 is 0. The van der Waals surface area contributed by atoms with Crippen molar-refractivity contribution in [3.05, 3.63) is 0 Å². The molecule has 4 nitrogen and oxygen atoms in total. The molecule has 0 aromatic heterocycles. The average Bonchev–Trinajstić information content (AvgIpc) is 2.53. The second-order valence-corrected chi connectivity index (χ2v) is 3.15. The molecule has 0 bridgehead atoms. The summed E-state index contributed by atoms with van der Waals surface area (Å²) in [5, 5.41) is 7.51. The van der Waals surface area contributed by atoms with Crippen molar-refractivity contribution in [1.82, 2.24) is 0 Å². The number of esters is 1. The summed E-state index contributed by atoms with van der Waals surface area (Å²) in [6.45, 7) is 1.96. The zero-order valence-corrected chi connectivity index (χ0v) is 8.00. The highest BCUT2D eigenvalue weighted by Crippen LogP contribution is 2.24. The summed E-state index contributed by atoms with van der Waals surface area (Å²) in [6, 6.07) is 0. The first-order valence-electron chi connectivity index (χ1n) is 4.51. The third-order valence-corrected chi connectivity index (χ3v) is 2.36. The first kappa shape index (κ1) is 10.1. The molecular weight excluding hydrogens is 169 g/mol. The number of cyclic esters (lactones) is 1. The van der Waals surface area contributed by atoms with Gasteiger partial charge < -0.3 is 9.39 Å². The van der Waals surface area contributed by atoms with Crippen LogP contribution in [0.3, 0.4) is 0 Å². The lowest BCUT2D eigenvalue weighted by Gasteiger charge is -2.20. The lowest BCUT2D eigenvalue weighted by atomic mass is 9.97. The van der Waals surface area contributed by atoms with Gasteiger partial charge in [-0.2, -0.15) is 0 Å². The first-order chi connectivity index (χ1) is 6.19. The third-order valence-electron chi connectivity index (χ3n) is 2.36. The molecular formula is C8H14BNO3. The number of hydrogen-bond donors (Lipinski definition) is 1. The fraction of sp³-hybridized carbons (Fsp3) is 0.750. The van der Waals surface area contributed by atoms with E-state index >= 15 is 0 Å². The Kier molecular flexibility index (Phi) is 3.34. The van der Waals surface area contributed by atoms with Gasteiger partial charge in [-0.3, -0.25) is 10.2 Å². The van der Waals surface area contributed by atoms with Crippen molar-refractivity contribution >= 4 is 19.9 Å². The maximum Gasteiger partial charge on any atom is 0.323 e. The van der Waals surface area contributed by atoms with E-state index in [4.69, 9.17) is 14.8 Å². The summed E-state index contributed by atoms with van der Waals surface area (Å²) in [5.41, 5.74) is 0. The molecule has 0 aliphatic carbocycles. The zero-order valence-electron chi connectivity index (χ0n) is 8.00. The van der Waals surface area contributed by atoms with E-state index in [9.17, 15) is 4.79 Å². The van der Waals surface area contributed by atoms with Crippen LogP contribution in [0.5, 0.6) is 0 Å². The predicted octanol–water partition coefficient (Wildman–Crippen LogP) is 0.260. The molecule has 1 N–H and O–H groups in total. The van der Waals surface area contributed by atoms with Gasteiger partial charge in [-0.1, -0.05) is 6.92 Å². The number of nitrogens with one attached hydrogen (secondary N) is 1. The van der Waals surface area contributed by atoms with Crippen molar-refractivity contribution in [2.75, 3.05) is 0 Å². The van der Waals surface area contributed by atoms with Crippen molar-refractivity contribution in [3.8, 4) is 0 Å². The van der Waals surface area contributed by atoms with E-state index in [0.717, 1.165) is 6.42 Å². The van der Waals surface area contributed by atoms with Gasteiger partial charge in [-0.25, -0.2) is 0 Å². The molecule has 1 aliphatic rings. The second kappa shape index (κ2) is 4.30. The third kappa shape index (κ3) is 2.23. The summed E-state index contributed by atoms with van der Waals surface area (Å²) in [6.07, 6.45) is 1.80. The van der Waals surface area contributed by atoms with Crippen LogP contribution in [0.4, 0.5) is 0 Å². The number of rotatable bonds is 3. The summed E-state index contributed by atoms with van der Waals surface area (Å²) in [5.74, 6) is -0.0222. The molecule has 0 amide bonds. The van der Waals surface area contributed by atoms with E-state index in [1.54, 1.807) is 0 Å². The Morgan fingerprint density at radius 3 is 3.00 bits per heavy atom. The van der Waals surface area contributed by atoms with Crippen LogP contribution in [-0.4, -0.2) is 26.0 Å². The normalized spacial score (nSPS) is 23.8. The Morgan fingerprint density at radius 2 is 2.62 bits per heavy atom. The van der Waals surface area contributed by atoms with Crippen molar-refractivity contribution in [2.24, 2.45) is 5.92 Å². The van der Waals surface area contributed by atoms with Gasteiger partial charge in [0.1, 0.15) is 6.10 Å². The standard InChI is InChI=1S/C8H14BNO3/c1-2-5(8(10)13-9)6-3-4-7(11)12-6/h5-6,10H,2-4,9H2,1H3/t5?,6-/m0/s1. The zero-order chi connectivity index (χ0) is 9.84. The molecule has 0 radical (unpaired) electrons. The van der Waals surface area contributed by atoms with Gasteiger partial charge in [0.2, 0.25) is 0 Å². The molecule has 1 unspecified atom stereocenters. The minimum atomic E-state index is -0.160. The molecule has 5 heteroatoms. The number of carbonyl (C=O) groups excluding carboxylic acids is 1. The number of carbonyl (C=O) groups is 1.